The summed E-state index contributed by atoms with van der Waals surface area (Å²) in [5.41, 5.74) is 1.12. The predicted molar refractivity (Wildman–Crippen MR) is 86.4 cm³/mol. The molecule has 0 unspecified atom stereocenters. The molecular formula is C18H26O3. The zero-order valence-corrected chi connectivity index (χ0v) is 12.8. The number of carbonyl (C=O) groups is 1. The molecule has 116 valence electrons. The van der Waals surface area contributed by atoms with E-state index in [0.29, 0.717) is 5.56 Å². The van der Waals surface area contributed by atoms with Crippen LogP contribution in [0.2, 0.25) is 0 Å². The van der Waals surface area contributed by atoms with Crippen molar-refractivity contribution in [3.63, 3.8) is 0 Å². The summed E-state index contributed by atoms with van der Waals surface area (Å²) in [6, 6.07) is 7.06. The molecule has 0 heterocycles. The first-order chi connectivity index (χ1) is 10.1. The van der Waals surface area contributed by atoms with Gasteiger partial charge in [-0.2, -0.15) is 0 Å². The molecule has 0 spiro atoms. The fourth-order valence-corrected chi connectivity index (χ4v) is 2.28. The number of hydrogen-bond donors (Lipinski definition) is 2. The second-order valence-corrected chi connectivity index (χ2v) is 5.49. The van der Waals surface area contributed by atoms with Crippen molar-refractivity contribution >= 4 is 12.0 Å². The molecule has 0 aliphatic rings. The van der Waals surface area contributed by atoms with Gasteiger partial charge in [0, 0.05) is 0 Å². The van der Waals surface area contributed by atoms with Gasteiger partial charge in [-0.25, -0.2) is 4.79 Å². The summed E-state index contributed by atoms with van der Waals surface area (Å²) in [6.07, 6.45) is 11.4. The van der Waals surface area contributed by atoms with Gasteiger partial charge < -0.3 is 10.2 Å². The normalized spacial score (nSPS) is 12.7. The summed E-state index contributed by atoms with van der Waals surface area (Å²) in [6.45, 7) is 1.83. The molecule has 0 fully saturated rings. The Bertz CT molecular complexity index is 450. The molecule has 1 aromatic rings. The number of carboxylic acid groups (broad SMARTS) is 1. The minimum atomic E-state index is -0.881. The van der Waals surface area contributed by atoms with Gasteiger partial charge in [0.1, 0.15) is 0 Å². The second kappa shape index (κ2) is 10.2. The zero-order chi connectivity index (χ0) is 15.5. The molecular weight excluding hydrogens is 264 g/mol. The maximum Gasteiger partial charge on any atom is 0.336 e. The smallest absolute Gasteiger partial charge is 0.336 e. The van der Waals surface area contributed by atoms with Crippen molar-refractivity contribution < 1.29 is 15.0 Å². The van der Waals surface area contributed by atoms with E-state index in [1.165, 1.54) is 19.3 Å². The van der Waals surface area contributed by atoms with E-state index >= 15 is 0 Å². The van der Waals surface area contributed by atoms with Crippen LogP contribution < -0.4 is 0 Å². The summed E-state index contributed by atoms with van der Waals surface area (Å²) >= 11 is 0. The average molecular weight is 290 g/mol. The lowest BCUT2D eigenvalue weighted by molar-refractivity contribution is 0.0696. The van der Waals surface area contributed by atoms with Gasteiger partial charge in [0.05, 0.1) is 11.7 Å². The van der Waals surface area contributed by atoms with Crippen molar-refractivity contribution in [3.8, 4) is 0 Å². The second-order valence-electron chi connectivity index (χ2n) is 5.49. The van der Waals surface area contributed by atoms with Gasteiger partial charge in [-0.15, -0.1) is 0 Å². The fraction of sp³-hybridized carbons (Fsp3) is 0.500. The van der Waals surface area contributed by atoms with E-state index in [9.17, 15) is 4.79 Å². The van der Waals surface area contributed by atoms with Crippen molar-refractivity contribution in [2.45, 2.75) is 58.0 Å². The Morgan fingerprint density at radius 2 is 1.81 bits per heavy atom. The Morgan fingerprint density at radius 3 is 2.52 bits per heavy atom. The van der Waals surface area contributed by atoms with Gasteiger partial charge in [0.2, 0.25) is 0 Å². The van der Waals surface area contributed by atoms with Crippen LogP contribution in [0.5, 0.6) is 0 Å². The Kier molecular flexibility index (Phi) is 8.44. The monoisotopic (exact) mass is 290 g/mol. The van der Waals surface area contributed by atoms with E-state index < -0.39 is 5.97 Å². The molecule has 0 saturated carbocycles. The van der Waals surface area contributed by atoms with Gasteiger partial charge in [0.15, 0.2) is 0 Å². The largest absolute Gasteiger partial charge is 0.478 e. The van der Waals surface area contributed by atoms with Gasteiger partial charge in [-0.3, -0.25) is 0 Å². The highest BCUT2D eigenvalue weighted by Gasteiger charge is 2.05. The molecule has 3 heteroatoms. The third-order valence-electron chi connectivity index (χ3n) is 3.48. The lowest BCUT2D eigenvalue weighted by Crippen LogP contribution is -1.98. The van der Waals surface area contributed by atoms with Gasteiger partial charge >= 0.3 is 5.97 Å². The molecule has 3 nitrogen and oxygen atoms in total. The molecule has 2 N–H and O–H groups in total. The molecule has 1 aromatic carbocycles. The van der Waals surface area contributed by atoms with Crippen LogP contribution in [-0.2, 0) is 0 Å². The standard InChI is InChI=1S/C18H26O3/c1-15(19)11-7-5-3-2-4-6-8-12-16-13-9-10-14-17(16)18(20)21/h8-10,12-15,19H,2-7,11H2,1H3,(H,20,21)/b12-8+/t15-/m1/s1. The Balaban J connectivity index is 2.19. The van der Waals surface area contributed by atoms with Crippen LogP contribution in [0.15, 0.2) is 30.3 Å². The molecule has 1 atom stereocenters. The highest BCUT2D eigenvalue weighted by atomic mass is 16.4. The molecule has 0 bridgehead atoms. The maximum absolute atomic E-state index is 11.1. The van der Waals surface area contributed by atoms with E-state index in [1.54, 1.807) is 12.1 Å². The number of carboxylic acids is 1. The number of hydrogen-bond acceptors (Lipinski definition) is 2. The van der Waals surface area contributed by atoms with Crippen LogP contribution in [0, 0.1) is 0 Å². The molecule has 0 aliphatic carbocycles. The minimum Gasteiger partial charge on any atom is -0.478 e. The lowest BCUT2D eigenvalue weighted by atomic mass is 10.1. The summed E-state index contributed by atoms with van der Waals surface area (Å²) in [7, 11) is 0. The Labute approximate surface area is 127 Å². The first-order valence-corrected chi connectivity index (χ1v) is 7.78. The van der Waals surface area contributed by atoms with Crippen LogP contribution in [0.3, 0.4) is 0 Å². The zero-order valence-electron chi connectivity index (χ0n) is 12.8. The highest BCUT2D eigenvalue weighted by Crippen LogP contribution is 2.13. The molecule has 0 saturated heterocycles. The number of rotatable bonds is 10. The summed E-state index contributed by atoms with van der Waals surface area (Å²) in [5, 5.41) is 18.2. The molecule has 0 aromatic heterocycles. The number of aliphatic hydroxyl groups is 1. The van der Waals surface area contributed by atoms with Crippen molar-refractivity contribution in [2.24, 2.45) is 0 Å². The Morgan fingerprint density at radius 1 is 1.14 bits per heavy atom. The van der Waals surface area contributed by atoms with E-state index in [1.807, 2.05) is 25.1 Å². The molecule has 0 aliphatic heterocycles. The lowest BCUT2D eigenvalue weighted by Gasteiger charge is -2.03. The number of aromatic carboxylic acids is 1. The minimum absolute atomic E-state index is 0.178. The number of aliphatic hydroxyl groups excluding tert-OH is 1. The SMILES string of the molecule is C[C@@H](O)CCCCCCC/C=C/c1ccccc1C(=O)O. The summed E-state index contributed by atoms with van der Waals surface area (Å²) in [5.74, 6) is -0.881. The molecule has 21 heavy (non-hydrogen) atoms. The highest BCUT2D eigenvalue weighted by molar-refractivity contribution is 5.92. The summed E-state index contributed by atoms with van der Waals surface area (Å²) in [4.78, 5) is 11.1. The van der Waals surface area contributed by atoms with E-state index in [-0.39, 0.29) is 6.10 Å². The first kappa shape index (κ1) is 17.4. The van der Waals surface area contributed by atoms with Crippen LogP contribution in [0.25, 0.3) is 6.08 Å². The number of unbranched alkanes of at least 4 members (excludes halogenated alkanes) is 5. The maximum atomic E-state index is 11.1. The molecule has 0 radical (unpaired) electrons. The van der Waals surface area contributed by atoms with Crippen molar-refractivity contribution in [2.75, 3.05) is 0 Å². The van der Waals surface area contributed by atoms with Crippen LogP contribution >= 0.6 is 0 Å². The van der Waals surface area contributed by atoms with Crippen molar-refractivity contribution in [3.05, 3.63) is 41.5 Å². The third kappa shape index (κ3) is 7.66. The average Bonchev–Trinajstić information content (AvgIpc) is 2.45. The molecule has 0 amide bonds. The van der Waals surface area contributed by atoms with Crippen LogP contribution in [0.4, 0.5) is 0 Å². The topological polar surface area (TPSA) is 57.5 Å². The van der Waals surface area contributed by atoms with Crippen molar-refractivity contribution in [1.82, 2.24) is 0 Å². The number of allylic oxidation sites excluding steroid dienone is 1. The molecule has 1 rings (SSSR count). The van der Waals surface area contributed by atoms with Gasteiger partial charge in [-0.1, -0.05) is 56.0 Å². The van der Waals surface area contributed by atoms with Crippen LogP contribution in [0.1, 0.15) is 67.8 Å². The first-order valence-electron chi connectivity index (χ1n) is 7.78. The van der Waals surface area contributed by atoms with Gasteiger partial charge in [0.25, 0.3) is 0 Å². The van der Waals surface area contributed by atoms with Gasteiger partial charge in [-0.05, 0) is 37.8 Å². The summed E-state index contributed by atoms with van der Waals surface area (Å²) < 4.78 is 0. The third-order valence-corrected chi connectivity index (χ3v) is 3.48. The van der Waals surface area contributed by atoms with E-state index in [4.69, 9.17) is 10.2 Å². The quantitative estimate of drug-likeness (QED) is 0.623. The fourth-order valence-electron chi connectivity index (χ4n) is 2.28. The Hall–Kier alpha value is -1.61. The number of benzene rings is 1. The van der Waals surface area contributed by atoms with Crippen LogP contribution in [-0.4, -0.2) is 22.3 Å². The van der Waals surface area contributed by atoms with E-state index in [0.717, 1.165) is 31.2 Å². The van der Waals surface area contributed by atoms with E-state index in [2.05, 4.69) is 6.08 Å². The predicted octanol–water partition coefficient (Wildman–Crippen LogP) is 4.51. The van der Waals surface area contributed by atoms with Crippen molar-refractivity contribution in [1.29, 1.82) is 0 Å².